The molecule has 0 radical (unpaired) electrons. The number of rotatable bonds is 4. The summed E-state index contributed by atoms with van der Waals surface area (Å²) >= 11 is 1.72. The van der Waals surface area contributed by atoms with Crippen LogP contribution in [0.5, 0.6) is 0 Å². The predicted octanol–water partition coefficient (Wildman–Crippen LogP) is 2.06. The summed E-state index contributed by atoms with van der Waals surface area (Å²) in [5.74, 6) is 0.852. The molecular weight excluding hydrogens is 270 g/mol. The number of guanidine groups is 1. The first kappa shape index (κ1) is 14.8. The summed E-state index contributed by atoms with van der Waals surface area (Å²) in [5.41, 5.74) is 0. The Morgan fingerprint density at radius 1 is 1.60 bits per heavy atom. The molecule has 2 unspecified atom stereocenters. The molecule has 6 heteroatoms. The molecule has 2 atom stereocenters. The van der Waals surface area contributed by atoms with Crippen LogP contribution < -0.4 is 10.6 Å². The van der Waals surface area contributed by atoms with Crippen LogP contribution in [0.1, 0.15) is 36.1 Å². The van der Waals surface area contributed by atoms with Gasteiger partial charge in [-0.1, -0.05) is 6.92 Å². The quantitative estimate of drug-likeness (QED) is 0.658. The first-order valence-electron chi connectivity index (χ1n) is 7.07. The number of hydrogen-bond donors (Lipinski definition) is 2. The molecule has 0 aliphatic heterocycles. The second kappa shape index (κ2) is 7.25. The highest BCUT2D eigenvalue weighted by molar-refractivity contribution is 7.11. The van der Waals surface area contributed by atoms with Crippen molar-refractivity contribution < 1.29 is 0 Å². The number of aliphatic imine (C=N–C) groups is 1. The molecule has 1 heterocycles. The number of nitrogens with zero attached hydrogens (tertiary/aromatic N) is 3. The van der Waals surface area contributed by atoms with Crippen LogP contribution in [-0.2, 0) is 13.0 Å². The Hall–Kier alpha value is -1.61. The standard InChI is InChI=1S/C14H21N5S/c1-3-11-8-17-13(20-11)9-18-14(16-2)19-12-6-4-5-10(12)7-15/h8,10,12H,3-6,9H2,1-2H3,(H2,16,18,19). The van der Waals surface area contributed by atoms with Crippen LogP contribution in [0.3, 0.4) is 0 Å². The molecule has 1 aliphatic carbocycles. The van der Waals surface area contributed by atoms with E-state index in [1.54, 1.807) is 18.4 Å². The van der Waals surface area contributed by atoms with E-state index < -0.39 is 0 Å². The van der Waals surface area contributed by atoms with E-state index in [0.29, 0.717) is 6.54 Å². The van der Waals surface area contributed by atoms with Crippen molar-refractivity contribution in [3.8, 4) is 6.07 Å². The van der Waals surface area contributed by atoms with Crippen LogP contribution in [0.25, 0.3) is 0 Å². The van der Waals surface area contributed by atoms with Gasteiger partial charge in [-0.05, 0) is 25.7 Å². The lowest BCUT2D eigenvalue weighted by atomic mass is 10.1. The molecule has 0 bridgehead atoms. The molecule has 1 saturated carbocycles. The number of aryl methyl sites for hydroxylation is 1. The van der Waals surface area contributed by atoms with Gasteiger partial charge >= 0.3 is 0 Å². The van der Waals surface area contributed by atoms with E-state index in [4.69, 9.17) is 5.26 Å². The van der Waals surface area contributed by atoms with Gasteiger partial charge < -0.3 is 10.6 Å². The van der Waals surface area contributed by atoms with Gasteiger partial charge in [0.25, 0.3) is 0 Å². The van der Waals surface area contributed by atoms with Crippen molar-refractivity contribution in [3.05, 3.63) is 16.1 Å². The van der Waals surface area contributed by atoms with Crippen molar-refractivity contribution in [1.29, 1.82) is 5.26 Å². The Morgan fingerprint density at radius 3 is 3.10 bits per heavy atom. The number of nitriles is 1. The normalized spacial score (nSPS) is 22.6. The number of aromatic nitrogens is 1. The SMILES string of the molecule is CCc1cnc(CNC(=NC)NC2CCCC2C#N)s1. The summed E-state index contributed by atoms with van der Waals surface area (Å²) in [5, 5.41) is 16.8. The number of nitrogens with one attached hydrogen (secondary N) is 2. The lowest BCUT2D eigenvalue weighted by molar-refractivity contribution is 0.532. The lowest BCUT2D eigenvalue weighted by Crippen LogP contribution is -2.44. The minimum absolute atomic E-state index is 0.0973. The molecule has 1 aliphatic rings. The summed E-state index contributed by atoms with van der Waals surface area (Å²) in [6, 6.07) is 2.59. The van der Waals surface area contributed by atoms with Gasteiger partial charge in [0, 0.05) is 24.2 Å². The molecular formula is C14H21N5S. The third kappa shape index (κ3) is 3.70. The molecule has 0 saturated heterocycles. The zero-order valence-electron chi connectivity index (χ0n) is 12.0. The fourth-order valence-corrected chi connectivity index (χ4v) is 3.21. The van der Waals surface area contributed by atoms with Crippen LogP contribution >= 0.6 is 11.3 Å². The van der Waals surface area contributed by atoms with Gasteiger partial charge in [-0.25, -0.2) is 4.98 Å². The Morgan fingerprint density at radius 2 is 2.45 bits per heavy atom. The topological polar surface area (TPSA) is 73.1 Å². The van der Waals surface area contributed by atoms with E-state index in [1.807, 2.05) is 6.20 Å². The van der Waals surface area contributed by atoms with Crippen LogP contribution in [0, 0.1) is 17.2 Å². The Balaban J connectivity index is 1.85. The largest absolute Gasteiger partial charge is 0.352 e. The molecule has 1 fully saturated rings. The molecule has 20 heavy (non-hydrogen) atoms. The molecule has 2 N–H and O–H groups in total. The minimum Gasteiger partial charge on any atom is -0.352 e. The molecule has 108 valence electrons. The maximum Gasteiger partial charge on any atom is 0.191 e. The van der Waals surface area contributed by atoms with E-state index >= 15 is 0 Å². The monoisotopic (exact) mass is 291 g/mol. The molecule has 0 spiro atoms. The van der Waals surface area contributed by atoms with Crippen LogP contribution in [0.15, 0.2) is 11.2 Å². The Kier molecular flexibility index (Phi) is 5.36. The van der Waals surface area contributed by atoms with Gasteiger partial charge in [-0.3, -0.25) is 4.99 Å². The maximum atomic E-state index is 9.10. The summed E-state index contributed by atoms with van der Waals surface area (Å²) in [6.07, 6.45) is 6.09. The molecule has 2 rings (SSSR count). The average Bonchev–Trinajstić information content (AvgIpc) is 3.11. The van der Waals surface area contributed by atoms with Crippen molar-refractivity contribution >= 4 is 17.3 Å². The van der Waals surface area contributed by atoms with Gasteiger partial charge in [0.15, 0.2) is 5.96 Å². The van der Waals surface area contributed by atoms with Crippen LogP contribution in [0.4, 0.5) is 0 Å². The highest BCUT2D eigenvalue weighted by Gasteiger charge is 2.27. The second-order valence-corrected chi connectivity index (χ2v) is 6.12. The third-order valence-corrected chi connectivity index (χ3v) is 4.73. The van der Waals surface area contributed by atoms with Crippen molar-refractivity contribution in [2.75, 3.05) is 7.05 Å². The summed E-state index contributed by atoms with van der Waals surface area (Å²) < 4.78 is 0. The summed E-state index contributed by atoms with van der Waals surface area (Å²) in [6.45, 7) is 2.81. The fourth-order valence-electron chi connectivity index (χ4n) is 2.41. The third-order valence-electron chi connectivity index (χ3n) is 3.58. The zero-order valence-corrected chi connectivity index (χ0v) is 12.8. The maximum absolute atomic E-state index is 9.10. The first-order chi connectivity index (χ1) is 9.76. The number of hydrogen-bond acceptors (Lipinski definition) is 4. The van der Waals surface area contributed by atoms with Gasteiger partial charge in [0.05, 0.1) is 18.5 Å². The van der Waals surface area contributed by atoms with Crippen molar-refractivity contribution in [3.63, 3.8) is 0 Å². The van der Waals surface area contributed by atoms with E-state index in [-0.39, 0.29) is 12.0 Å². The van der Waals surface area contributed by atoms with Gasteiger partial charge in [0.1, 0.15) is 5.01 Å². The second-order valence-electron chi connectivity index (χ2n) is 4.92. The summed E-state index contributed by atoms with van der Waals surface area (Å²) in [4.78, 5) is 9.90. The van der Waals surface area contributed by atoms with Gasteiger partial charge in [-0.2, -0.15) is 5.26 Å². The van der Waals surface area contributed by atoms with E-state index in [9.17, 15) is 0 Å². The molecule has 5 nitrogen and oxygen atoms in total. The van der Waals surface area contributed by atoms with E-state index in [2.05, 4.69) is 33.6 Å². The Labute approximate surface area is 124 Å². The molecule has 0 amide bonds. The molecule has 1 aromatic heterocycles. The fraction of sp³-hybridized carbons (Fsp3) is 0.643. The van der Waals surface area contributed by atoms with E-state index in [0.717, 1.165) is 36.7 Å². The van der Waals surface area contributed by atoms with Crippen LogP contribution in [0.2, 0.25) is 0 Å². The van der Waals surface area contributed by atoms with Crippen molar-refractivity contribution in [2.24, 2.45) is 10.9 Å². The highest BCUT2D eigenvalue weighted by atomic mass is 32.1. The molecule has 0 aromatic carbocycles. The predicted molar refractivity (Wildman–Crippen MR) is 81.6 cm³/mol. The van der Waals surface area contributed by atoms with E-state index in [1.165, 1.54) is 4.88 Å². The Bertz CT molecular complexity index is 502. The number of thiazole rings is 1. The van der Waals surface area contributed by atoms with Crippen LogP contribution in [-0.4, -0.2) is 24.0 Å². The van der Waals surface area contributed by atoms with Crippen molar-refractivity contribution in [2.45, 2.75) is 45.2 Å². The van der Waals surface area contributed by atoms with Crippen molar-refractivity contribution in [1.82, 2.24) is 15.6 Å². The lowest BCUT2D eigenvalue weighted by Gasteiger charge is -2.18. The average molecular weight is 291 g/mol. The van der Waals surface area contributed by atoms with Gasteiger partial charge in [0.2, 0.25) is 0 Å². The highest BCUT2D eigenvalue weighted by Crippen LogP contribution is 2.24. The molecule has 1 aromatic rings. The smallest absolute Gasteiger partial charge is 0.191 e. The summed E-state index contributed by atoms with van der Waals surface area (Å²) in [7, 11) is 1.75. The first-order valence-corrected chi connectivity index (χ1v) is 7.88. The van der Waals surface area contributed by atoms with Gasteiger partial charge in [-0.15, -0.1) is 11.3 Å². The minimum atomic E-state index is 0.0973. The zero-order chi connectivity index (χ0) is 14.4.